The molecule has 302 valence electrons. The van der Waals surface area contributed by atoms with E-state index in [0.717, 1.165) is 55.0 Å². The number of hydrogen-bond donors (Lipinski definition) is 10. The number of unbranched alkanes of at least 4 members (excludes halogenated alkanes) is 9. The Morgan fingerprint density at radius 2 is 1.42 bits per heavy atom. The Kier molecular flexibility index (Phi) is 18.2. The van der Waals surface area contributed by atoms with E-state index < -0.39 is 74.6 Å². The van der Waals surface area contributed by atoms with Gasteiger partial charge in [0.05, 0.1) is 19.3 Å². The van der Waals surface area contributed by atoms with Crippen molar-refractivity contribution in [1.29, 1.82) is 0 Å². The van der Waals surface area contributed by atoms with Crippen molar-refractivity contribution in [2.45, 2.75) is 164 Å². The van der Waals surface area contributed by atoms with Crippen LogP contribution in [0, 0.1) is 0 Å². The van der Waals surface area contributed by atoms with Crippen LogP contribution in [-0.4, -0.2) is 139 Å². The van der Waals surface area contributed by atoms with Gasteiger partial charge in [-0.05, 0) is 49.4 Å². The molecule has 0 aliphatic carbocycles. The van der Waals surface area contributed by atoms with Gasteiger partial charge in [-0.3, -0.25) is 4.79 Å². The van der Waals surface area contributed by atoms with Crippen LogP contribution in [0.25, 0.3) is 10.9 Å². The summed E-state index contributed by atoms with van der Waals surface area (Å²) in [7, 11) is 0. The third-order valence-electron chi connectivity index (χ3n) is 10.3. The number of H-pyrrole nitrogens is 1. The second-order valence-corrected chi connectivity index (χ2v) is 14.4. The lowest BCUT2D eigenvalue weighted by Gasteiger charge is -2.42. The van der Waals surface area contributed by atoms with Gasteiger partial charge < -0.3 is 70.1 Å². The first-order valence-electron chi connectivity index (χ1n) is 19.4. The molecule has 15 nitrogen and oxygen atoms in total. The summed E-state index contributed by atoms with van der Waals surface area (Å²) < 4.78 is 22.5. The highest BCUT2D eigenvalue weighted by atomic mass is 16.7. The van der Waals surface area contributed by atoms with E-state index in [2.05, 4.69) is 10.3 Å². The molecule has 0 bridgehead atoms. The molecule has 3 heterocycles. The number of benzene rings is 1. The van der Waals surface area contributed by atoms with Crippen molar-refractivity contribution < 1.29 is 64.6 Å². The maximum absolute atomic E-state index is 12.5. The van der Waals surface area contributed by atoms with Crippen molar-refractivity contribution in [3.05, 3.63) is 30.0 Å². The smallest absolute Gasteiger partial charge is 0.229 e. The number of aromatic nitrogens is 1. The van der Waals surface area contributed by atoms with E-state index in [0.29, 0.717) is 25.1 Å². The molecule has 11 atom stereocenters. The Balaban J connectivity index is 1.16. The van der Waals surface area contributed by atoms with Gasteiger partial charge in [0.15, 0.2) is 6.29 Å². The fraction of sp³-hybridized carbons (Fsp3) is 0.763. The Morgan fingerprint density at radius 3 is 2.08 bits per heavy atom. The molecule has 0 spiro atoms. The van der Waals surface area contributed by atoms with Crippen molar-refractivity contribution in [1.82, 2.24) is 10.3 Å². The zero-order chi connectivity index (χ0) is 38.3. The van der Waals surface area contributed by atoms with Crippen LogP contribution in [-0.2, 0) is 25.4 Å². The monoisotopic (exact) mass is 754 g/mol. The molecule has 0 radical (unpaired) electrons. The molecule has 2 aliphatic heterocycles. The summed E-state index contributed by atoms with van der Waals surface area (Å²) in [5, 5.41) is 84.9. The summed E-state index contributed by atoms with van der Waals surface area (Å²) in [6.07, 6.45) is 0.845. The SMILES string of the molecule is CCC(O)CCCCCCCCCCCCC(=O)NCCc1c[nH]c2ccc(O[C@@H]3O[C@H](COC4O[C@H](CO)[C@@H](O)[C@H](O)[C@H]4O)[C@@H](O)[C@H](O)[C@H]3O)cc12. The average Bonchev–Trinajstić information content (AvgIpc) is 3.56. The summed E-state index contributed by atoms with van der Waals surface area (Å²) in [4.78, 5) is 15.7. The topological polar surface area (TPSA) is 244 Å². The third kappa shape index (κ3) is 12.8. The Hall–Kier alpha value is -2.41. The number of aliphatic hydroxyl groups is 8. The standard InChI is InChI=1S/C38H62N2O13/c1-2-24(42)13-11-9-7-5-3-4-6-8-10-12-14-30(43)39-18-17-23-20-40-27-16-15-25(19-26(23)27)51-38-36(49)34(47)32(45)29(53-38)22-50-37-35(48)33(46)31(44)28(21-41)52-37/h15-16,19-20,24,28-29,31-38,40-42,44-49H,2-14,17-18,21-22H2,1H3,(H,39,43)/t24?,28-,29-,31-,32-,33+,34+,35-,36-,37?,38-/m1/s1. The number of fused-ring (bicyclic) bond motifs is 1. The lowest BCUT2D eigenvalue weighted by Crippen LogP contribution is -2.62. The number of ether oxygens (including phenoxy) is 4. The molecule has 2 aromatic rings. The van der Waals surface area contributed by atoms with E-state index in [-0.39, 0.29) is 12.0 Å². The highest BCUT2D eigenvalue weighted by Gasteiger charge is 2.48. The largest absolute Gasteiger partial charge is 0.462 e. The zero-order valence-electron chi connectivity index (χ0n) is 30.8. The van der Waals surface area contributed by atoms with E-state index >= 15 is 0 Å². The quantitative estimate of drug-likeness (QED) is 0.0720. The summed E-state index contributed by atoms with van der Waals surface area (Å²) in [5.74, 6) is 0.336. The highest BCUT2D eigenvalue weighted by Crippen LogP contribution is 2.29. The van der Waals surface area contributed by atoms with Crippen LogP contribution in [0.4, 0.5) is 0 Å². The van der Waals surface area contributed by atoms with Gasteiger partial charge >= 0.3 is 0 Å². The van der Waals surface area contributed by atoms with E-state index in [9.17, 15) is 45.6 Å². The third-order valence-corrected chi connectivity index (χ3v) is 10.3. The molecule has 1 aromatic carbocycles. The number of nitrogens with one attached hydrogen (secondary N) is 2. The van der Waals surface area contributed by atoms with Crippen molar-refractivity contribution in [3.63, 3.8) is 0 Å². The molecule has 53 heavy (non-hydrogen) atoms. The summed E-state index contributed by atoms with van der Waals surface area (Å²) in [6, 6.07) is 5.18. The molecule has 10 N–H and O–H groups in total. The summed E-state index contributed by atoms with van der Waals surface area (Å²) >= 11 is 0. The number of rotatable bonds is 23. The van der Waals surface area contributed by atoms with Gasteiger partial charge in [-0.25, -0.2) is 0 Å². The molecule has 2 saturated heterocycles. The maximum Gasteiger partial charge on any atom is 0.229 e. The fourth-order valence-electron chi connectivity index (χ4n) is 6.83. The number of carbonyl (C=O) groups is 1. The fourth-order valence-corrected chi connectivity index (χ4v) is 6.83. The minimum Gasteiger partial charge on any atom is -0.462 e. The second-order valence-electron chi connectivity index (χ2n) is 14.4. The Labute approximate surface area is 311 Å². The molecule has 4 rings (SSSR count). The molecule has 2 fully saturated rings. The molecule has 2 aliphatic rings. The van der Waals surface area contributed by atoms with Gasteiger partial charge in [-0.2, -0.15) is 0 Å². The Bertz CT molecular complexity index is 1340. The number of amides is 1. The molecule has 15 heteroatoms. The first-order chi connectivity index (χ1) is 25.5. The van der Waals surface area contributed by atoms with Crippen molar-refractivity contribution in [2.24, 2.45) is 0 Å². The van der Waals surface area contributed by atoms with Gasteiger partial charge in [-0.15, -0.1) is 0 Å². The van der Waals surface area contributed by atoms with E-state index in [1.165, 1.54) is 38.5 Å². The van der Waals surface area contributed by atoms with E-state index in [1.807, 2.05) is 13.1 Å². The number of aromatic amines is 1. The summed E-state index contributed by atoms with van der Waals surface area (Å²) in [6.45, 7) is 1.36. The first-order valence-corrected chi connectivity index (χ1v) is 19.4. The molecule has 2 unspecified atom stereocenters. The van der Waals surface area contributed by atoms with Crippen LogP contribution < -0.4 is 10.1 Å². The van der Waals surface area contributed by atoms with Gasteiger partial charge in [0.2, 0.25) is 12.2 Å². The molecule has 0 saturated carbocycles. The van der Waals surface area contributed by atoms with Gasteiger partial charge in [-0.1, -0.05) is 64.7 Å². The molecular weight excluding hydrogens is 692 g/mol. The maximum atomic E-state index is 12.5. The normalized spacial score (nSPS) is 29.7. The lowest BCUT2D eigenvalue weighted by molar-refractivity contribution is -0.323. The van der Waals surface area contributed by atoms with Crippen molar-refractivity contribution in [3.8, 4) is 5.75 Å². The number of carbonyl (C=O) groups excluding carboxylic acids is 1. The molecule has 1 amide bonds. The highest BCUT2D eigenvalue weighted by molar-refractivity contribution is 5.84. The average molecular weight is 755 g/mol. The van der Waals surface area contributed by atoms with Crippen LogP contribution >= 0.6 is 0 Å². The van der Waals surface area contributed by atoms with Gasteiger partial charge in [0, 0.05) is 30.1 Å². The predicted octanol–water partition coefficient (Wildman–Crippen LogP) is 1.28. The van der Waals surface area contributed by atoms with Crippen molar-refractivity contribution in [2.75, 3.05) is 19.8 Å². The van der Waals surface area contributed by atoms with E-state index in [4.69, 9.17) is 18.9 Å². The Morgan fingerprint density at radius 1 is 0.811 bits per heavy atom. The number of hydrogen-bond acceptors (Lipinski definition) is 13. The molecular formula is C38H62N2O13. The van der Waals surface area contributed by atoms with Crippen LogP contribution in [0.2, 0.25) is 0 Å². The lowest BCUT2D eigenvalue weighted by atomic mass is 9.98. The zero-order valence-corrected chi connectivity index (χ0v) is 30.8. The van der Waals surface area contributed by atoms with E-state index in [1.54, 1.807) is 18.2 Å². The minimum absolute atomic E-state index is 0.0244. The van der Waals surface area contributed by atoms with Gasteiger partial charge in [0.1, 0.15) is 54.6 Å². The van der Waals surface area contributed by atoms with Crippen LogP contribution in [0.3, 0.4) is 0 Å². The van der Waals surface area contributed by atoms with Crippen molar-refractivity contribution >= 4 is 16.8 Å². The summed E-state index contributed by atoms with van der Waals surface area (Å²) in [5.41, 5.74) is 1.77. The van der Waals surface area contributed by atoms with Crippen LogP contribution in [0.1, 0.15) is 96.0 Å². The minimum atomic E-state index is -1.68. The second kappa shape index (κ2) is 22.2. The predicted molar refractivity (Wildman–Crippen MR) is 194 cm³/mol. The van der Waals surface area contributed by atoms with Crippen LogP contribution in [0.15, 0.2) is 24.4 Å². The first kappa shape index (κ1) is 43.3. The number of aliphatic hydroxyl groups excluding tert-OH is 8. The van der Waals surface area contributed by atoms with Gasteiger partial charge in [0.25, 0.3) is 0 Å². The van der Waals surface area contributed by atoms with Crippen LogP contribution in [0.5, 0.6) is 5.75 Å². The molecule has 1 aromatic heterocycles.